The lowest BCUT2D eigenvalue weighted by Gasteiger charge is -2.09. The van der Waals surface area contributed by atoms with Crippen molar-refractivity contribution in [2.45, 2.75) is 174 Å². The van der Waals surface area contributed by atoms with Crippen molar-refractivity contribution in [1.82, 2.24) is 0 Å². The van der Waals surface area contributed by atoms with Gasteiger partial charge in [0, 0.05) is 6.42 Å². The lowest BCUT2D eigenvalue weighted by molar-refractivity contribution is -0.127. The molecule has 0 N–H and O–H groups in total. The largest absolute Gasteiger partial charge is 0.303 e. The molecule has 1 unspecified atom stereocenters. The molecular weight excluding hydrogens is 416 g/mol. The van der Waals surface area contributed by atoms with Gasteiger partial charge in [-0.1, -0.05) is 142 Å². The maximum Gasteiger partial charge on any atom is 0.143 e. The zero-order valence-corrected chi connectivity index (χ0v) is 23.3. The first-order valence-electron chi connectivity index (χ1n) is 15.4. The monoisotopic (exact) mass is 476 g/mol. The fraction of sp³-hybridized carbons (Fsp3) is 0.875. The summed E-state index contributed by atoms with van der Waals surface area (Å²) in [7, 11) is 0. The van der Waals surface area contributed by atoms with Crippen molar-refractivity contribution in [3.05, 3.63) is 12.2 Å². The van der Waals surface area contributed by atoms with Crippen LogP contribution in [0.2, 0.25) is 0 Å². The van der Waals surface area contributed by atoms with Gasteiger partial charge >= 0.3 is 0 Å². The molecule has 1 atom stereocenters. The van der Waals surface area contributed by atoms with E-state index < -0.39 is 0 Å². The molecule has 0 aromatic rings. The second-order valence-electron chi connectivity index (χ2n) is 10.5. The van der Waals surface area contributed by atoms with Gasteiger partial charge in [-0.2, -0.15) is 0 Å². The van der Waals surface area contributed by atoms with E-state index in [2.05, 4.69) is 26.0 Å². The zero-order valence-electron chi connectivity index (χ0n) is 23.3. The van der Waals surface area contributed by atoms with E-state index in [4.69, 9.17) is 0 Å². The quantitative estimate of drug-likeness (QED) is 0.0487. The summed E-state index contributed by atoms with van der Waals surface area (Å²) in [6.07, 6.45) is 36.4. The van der Waals surface area contributed by atoms with Crippen molar-refractivity contribution in [2.24, 2.45) is 5.92 Å². The van der Waals surface area contributed by atoms with Crippen molar-refractivity contribution in [1.29, 1.82) is 0 Å². The second kappa shape index (κ2) is 28.3. The molecule has 0 fully saturated rings. The minimum absolute atomic E-state index is 0.184. The number of allylic oxidation sites excluding steroid dienone is 2. The van der Waals surface area contributed by atoms with E-state index in [1.165, 1.54) is 128 Å². The van der Waals surface area contributed by atoms with Crippen LogP contribution in [-0.4, -0.2) is 12.1 Å². The average Bonchev–Trinajstić information content (AvgIpc) is 2.85. The molecule has 0 radical (unpaired) electrons. The molecule has 0 aliphatic rings. The standard InChI is InChI=1S/C32H60O2/c1-3-5-7-9-11-13-15-16-17-18-19-21-23-25-27-29-32(34)31(30-33)28-26-24-22-20-14-12-10-8-6-4-2/h16-17,30-31H,3-15,18-29H2,1-2H3/b17-16-. The third kappa shape index (κ3) is 24.2. The molecule has 0 aliphatic heterocycles. The Balaban J connectivity index is 3.48. The van der Waals surface area contributed by atoms with Gasteiger partial charge in [-0.3, -0.25) is 4.79 Å². The van der Waals surface area contributed by atoms with Crippen LogP contribution in [0.25, 0.3) is 0 Å². The van der Waals surface area contributed by atoms with Gasteiger partial charge < -0.3 is 4.79 Å². The molecular formula is C32H60O2. The predicted octanol–water partition coefficient (Wildman–Crippen LogP) is 10.7. The highest BCUT2D eigenvalue weighted by atomic mass is 16.1. The van der Waals surface area contributed by atoms with Crippen molar-refractivity contribution in [3.63, 3.8) is 0 Å². The number of carbonyl (C=O) groups is 2. The Labute approximate surface area is 214 Å². The number of rotatable bonds is 28. The Bertz CT molecular complexity index is 454. The molecule has 0 rings (SSSR count). The highest BCUT2D eigenvalue weighted by Crippen LogP contribution is 2.16. The van der Waals surface area contributed by atoms with E-state index >= 15 is 0 Å². The number of hydrogen-bond donors (Lipinski definition) is 0. The summed E-state index contributed by atoms with van der Waals surface area (Å²) in [5.41, 5.74) is 0. The zero-order chi connectivity index (χ0) is 25.0. The van der Waals surface area contributed by atoms with Crippen LogP contribution in [0.3, 0.4) is 0 Å². The number of aldehydes is 1. The molecule has 0 aromatic heterocycles. The SMILES string of the molecule is CCCCCCCC/C=C\CCCCCCCC(=O)C(C=O)CCCCCCCCCCCC. The second-order valence-corrected chi connectivity index (χ2v) is 10.5. The molecule has 200 valence electrons. The first-order chi connectivity index (χ1) is 16.8. The van der Waals surface area contributed by atoms with Crippen LogP contribution in [0.1, 0.15) is 174 Å². The predicted molar refractivity (Wildman–Crippen MR) is 150 cm³/mol. The summed E-state index contributed by atoms with van der Waals surface area (Å²) in [4.78, 5) is 23.7. The summed E-state index contributed by atoms with van der Waals surface area (Å²) in [5.74, 6) is -0.158. The van der Waals surface area contributed by atoms with Crippen LogP contribution in [0, 0.1) is 5.92 Å². The van der Waals surface area contributed by atoms with Crippen LogP contribution in [0.15, 0.2) is 12.2 Å². The van der Waals surface area contributed by atoms with Crippen LogP contribution < -0.4 is 0 Å². The van der Waals surface area contributed by atoms with Gasteiger partial charge in [-0.25, -0.2) is 0 Å². The summed E-state index contributed by atoms with van der Waals surface area (Å²) in [5, 5.41) is 0. The van der Waals surface area contributed by atoms with Crippen molar-refractivity contribution >= 4 is 12.1 Å². The topological polar surface area (TPSA) is 34.1 Å². The summed E-state index contributed by atoms with van der Waals surface area (Å²) in [6, 6.07) is 0. The molecule has 34 heavy (non-hydrogen) atoms. The summed E-state index contributed by atoms with van der Waals surface area (Å²) >= 11 is 0. The lowest BCUT2D eigenvalue weighted by atomic mass is 9.94. The number of unbranched alkanes of at least 4 members (excludes halogenated alkanes) is 20. The van der Waals surface area contributed by atoms with Gasteiger partial charge in [0.25, 0.3) is 0 Å². The van der Waals surface area contributed by atoms with Gasteiger partial charge in [0.2, 0.25) is 0 Å². The highest BCUT2D eigenvalue weighted by molar-refractivity contribution is 5.93. The first kappa shape index (κ1) is 33.1. The first-order valence-corrected chi connectivity index (χ1v) is 15.4. The normalized spacial score (nSPS) is 12.4. The number of Topliss-reactive ketones (excluding diaryl/α,β-unsaturated/α-hetero) is 1. The fourth-order valence-corrected chi connectivity index (χ4v) is 4.71. The molecule has 2 nitrogen and oxygen atoms in total. The molecule has 0 heterocycles. The molecule has 2 heteroatoms. The fourth-order valence-electron chi connectivity index (χ4n) is 4.71. The van der Waals surface area contributed by atoms with Crippen molar-refractivity contribution in [3.8, 4) is 0 Å². The van der Waals surface area contributed by atoms with Gasteiger partial charge in [0.05, 0.1) is 5.92 Å². The summed E-state index contributed by atoms with van der Waals surface area (Å²) < 4.78 is 0. The number of hydrogen-bond acceptors (Lipinski definition) is 2. The Morgan fingerprint density at radius 3 is 1.35 bits per heavy atom. The molecule has 0 amide bonds. The van der Waals surface area contributed by atoms with Crippen molar-refractivity contribution < 1.29 is 9.59 Å². The Hall–Kier alpha value is -0.920. The minimum Gasteiger partial charge on any atom is -0.303 e. The smallest absolute Gasteiger partial charge is 0.143 e. The lowest BCUT2D eigenvalue weighted by Crippen LogP contribution is -2.15. The van der Waals surface area contributed by atoms with Crippen LogP contribution in [0.5, 0.6) is 0 Å². The highest BCUT2D eigenvalue weighted by Gasteiger charge is 2.16. The van der Waals surface area contributed by atoms with E-state index in [9.17, 15) is 9.59 Å². The van der Waals surface area contributed by atoms with E-state index in [0.29, 0.717) is 6.42 Å². The molecule has 0 aliphatic carbocycles. The van der Waals surface area contributed by atoms with Crippen molar-refractivity contribution in [2.75, 3.05) is 0 Å². The van der Waals surface area contributed by atoms with Gasteiger partial charge in [-0.15, -0.1) is 0 Å². The van der Waals surface area contributed by atoms with Gasteiger partial charge in [0.1, 0.15) is 12.1 Å². The van der Waals surface area contributed by atoms with E-state index in [1.54, 1.807) is 0 Å². The average molecular weight is 477 g/mol. The maximum absolute atomic E-state index is 12.4. The molecule has 0 spiro atoms. The van der Waals surface area contributed by atoms with Crippen LogP contribution in [0.4, 0.5) is 0 Å². The number of carbonyl (C=O) groups excluding carboxylic acids is 2. The van der Waals surface area contributed by atoms with Crippen LogP contribution >= 0.6 is 0 Å². The molecule has 0 bridgehead atoms. The van der Waals surface area contributed by atoms with E-state index in [0.717, 1.165) is 32.0 Å². The van der Waals surface area contributed by atoms with E-state index in [-0.39, 0.29) is 11.7 Å². The van der Waals surface area contributed by atoms with E-state index in [1.807, 2.05) is 0 Å². The molecule has 0 saturated carbocycles. The maximum atomic E-state index is 12.4. The molecule has 0 aromatic carbocycles. The number of ketones is 1. The molecule has 0 saturated heterocycles. The van der Waals surface area contributed by atoms with Gasteiger partial charge in [0.15, 0.2) is 0 Å². The third-order valence-corrected chi connectivity index (χ3v) is 7.13. The van der Waals surface area contributed by atoms with Crippen LogP contribution in [-0.2, 0) is 9.59 Å². The van der Waals surface area contributed by atoms with Gasteiger partial charge in [-0.05, 0) is 38.5 Å². The Morgan fingerprint density at radius 2 is 0.912 bits per heavy atom. The minimum atomic E-state index is -0.342. The Morgan fingerprint density at radius 1 is 0.529 bits per heavy atom. The Kier molecular flexibility index (Phi) is 27.6. The summed E-state index contributed by atoms with van der Waals surface area (Å²) in [6.45, 7) is 4.53. The third-order valence-electron chi connectivity index (χ3n) is 7.13.